The van der Waals surface area contributed by atoms with E-state index in [2.05, 4.69) is 182 Å². The summed E-state index contributed by atoms with van der Waals surface area (Å²) in [6.45, 7) is 0. The fraction of sp³-hybridized carbons (Fsp3) is 0. The van der Waals surface area contributed by atoms with Crippen molar-refractivity contribution in [3.8, 4) is 77.2 Å². The maximum atomic E-state index is 2.45. The first-order valence-electron chi connectivity index (χ1n) is 16.9. The van der Waals surface area contributed by atoms with Crippen LogP contribution in [-0.4, -0.2) is 0 Å². The van der Waals surface area contributed by atoms with Gasteiger partial charge < -0.3 is 0 Å². The van der Waals surface area contributed by atoms with Crippen molar-refractivity contribution in [2.24, 2.45) is 0 Å². The minimum Gasteiger partial charge on any atom is -0.135 e. The van der Waals surface area contributed by atoms with Crippen LogP contribution in [-0.2, 0) is 0 Å². The van der Waals surface area contributed by atoms with Gasteiger partial charge in [0.15, 0.2) is 0 Å². The lowest BCUT2D eigenvalue weighted by atomic mass is 9.82. The van der Waals surface area contributed by atoms with E-state index in [4.69, 9.17) is 0 Å². The summed E-state index contributed by atoms with van der Waals surface area (Å²) in [5, 5.41) is 3.94. The molecule has 0 saturated carbocycles. The molecule has 0 spiro atoms. The van der Waals surface area contributed by atoms with Crippen molar-refractivity contribution < 1.29 is 0 Å². The fourth-order valence-electron chi connectivity index (χ4n) is 7.91. The van der Waals surface area contributed by atoms with Crippen LogP contribution in [0.2, 0.25) is 0 Å². The highest BCUT2D eigenvalue weighted by Gasteiger charge is 2.30. The molecule has 10 rings (SSSR count). The topological polar surface area (TPSA) is 0 Å². The Labute approximate surface area is 290 Å². The number of hydrogen-bond donors (Lipinski definition) is 0. The molecule has 0 unspecified atom stereocenters. The SMILES string of the molecule is c1ccc(-c2cc(-c3ccc(-c4sc5ccccc5c4-c4ccccc4)cc3)c(-c3ccccc3)c3c2-c2cccc4cccc-3c24)cc1. The molecule has 0 aliphatic heterocycles. The van der Waals surface area contributed by atoms with Gasteiger partial charge >= 0.3 is 0 Å². The highest BCUT2D eigenvalue weighted by molar-refractivity contribution is 7.23. The third-order valence-electron chi connectivity index (χ3n) is 10.0. The van der Waals surface area contributed by atoms with Gasteiger partial charge in [-0.2, -0.15) is 0 Å². The summed E-state index contributed by atoms with van der Waals surface area (Å²) < 4.78 is 1.31. The van der Waals surface area contributed by atoms with E-state index < -0.39 is 0 Å². The average Bonchev–Trinajstić information content (AvgIpc) is 3.73. The number of rotatable bonds is 5. The molecule has 0 amide bonds. The first-order valence-corrected chi connectivity index (χ1v) is 17.7. The van der Waals surface area contributed by atoms with Crippen LogP contribution in [0.3, 0.4) is 0 Å². The van der Waals surface area contributed by atoms with E-state index in [9.17, 15) is 0 Å². The summed E-state index contributed by atoms with van der Waals surface area (Å²) in [5.41, 5.74) is 16.6. The van der Waals surface area contributed by atoms with Crippen molar-refractivity contribution in [2.75, 3.05) is 0 Å². The zero-order chi connectivity index (χ0) is 32.3. The normalized spacial score (nSPS) is 11.7. The van der Waals surface area contributed by atoms with E-state index in [1.165, 1.54) is 98.1 Å². The highest BCUT2D eigenvalue weighted by Crippen LogP contribution is 2.57. The maximum absolute atomic E-state index is 2.45. The van der Waals surface area contributed by atoms with Gasteiger partial charge in [0.1, 0.15) is 0 Å². The van der Waals surface area contributed by atoms with Gasteiger partial charge in [0, 0.05) is 20.5 Å². The first-order chi connectivity index (χ1) is 24.3. The largest absolute Gasteiger partial charge is 0.135 e. The Hall–Kier alpha value is -6.02. The molecular weight excluding hydrogens is 609 g/mol. The number of benzene rings is 8. The van der Waals surface area contributed by atoms with Crippen LogP contribution >= 0.6 is 11.3 Å². The summed E-state index contributed by atoms with van der Waals surface area (Å²) in [6, 6.07) is 66.8. The predicted molar refractivity (Wildman–Crippen MR) is 211 cm³/mol. The highest BCUT2D eigenvalue weighted by atomic mass is 32.1. The second-order valence-corrected chi connectivity index (χ2v) is 13.8. The van der Waals surface area contributed by atoms with E-state index in [0.29, 0.717) is 0 Å². The van der Waals surface area contributed by atoms with Gasteiger partial charge in [0.25, 0.3) is 0 Å². The number of thiophene rings is 1. The van der Waals surface area contributed by atoms with Crippen LogP contribution in [0.5, 0.6) is 0 Å². The molecule has 1 heterocycles. The summed E-state index contributed by atoms with van der Waals surface area (Å²) in [7, 11) is 0. The van der Waals surface area contributed by atoms with Gasteiger partial charge in [0.05, 0.1) is 0 Å². The molecule has 228 valence electrons. The molecule has 0 atom stereocenters. The Morgan fingerprint density at radius 2 is 0.816 bits per heavy atom. The Morgan fingerprint density at radius 1 is 0.306 bits per heavy atom. The van der Waals surface area contributed by atoms with E-state index in [0.717, 1.165) is 0 Å². The zero-order valence-corrected chi connectivity index (χ0v) is 27.5. The van der Waals surface area contributed by atoms with Crippen LogP contribution in [0.4, 0.5) is 0 Å². The Morgan fingerprint density at radius 3 is 1.49 bits per heavy atom. The van der Waals surface area contributed by atoms with Crippen molar-refractivity contribution in [1.82, 2.24) is 0 Å². The van der Waals surface area contributed by atoms with Crippen molar-refractivity contribution in [2.45, 2.75) is 0 Å². The molecule has 0 nitrogen and oxygen atoms in total. The predicted octanol–water partition coefficient (Wildman–Crippen LogP) is 14.0. The minimum absolute atomic E-state index is 1.22. The second-order valence-electron chi connectivity index (χ2n) is 12.8. The third kappa shape index (κ3) is 4.44. The lowest BCUT2D eigenvalue weighted by Crippen LogP contribution is -1.94. The second kappa shape index (κ2) is 11.3. The lowest BCUT2D eigenvalue weighted by molar-refractivity contribution is 1.56. The summed E-state index contributed by atoms with van der Waals surface area (Å²) in [6.07, 6.45) is 0. The molecule has 8 aromatic carbocycles. The van der Waals surface area contributed by atoms with Crippen LogP contribution < -0.4 is 0 Å². The average molecular weight is 639 g/mol. The summed E-state index contributed by atoms with van der Waals surface area (Å²) >= 11 is 1.88. The molecule has 0 saturated heterocycles. The van der Waals surface area contributed by atoms with Crippen molar-refractivity contribution in [3.63, 3.8) is 0 Å². The molecule has 1 aliphatic rings. The first kappa shape index (κ1) is 28.0. The molecule has 0 radical (unpaired) electrons. The van der Waals surface area contributed by atoms with Crippen LogP contribution in [0.15, 0.2) is 182 Å². The molecule has 1 aliphatic carbocycles. The van der Waals surface area contributed by atoms with E-state index >= 15 is 0 Å². The molecule has 1 aromatic heterocycles. The minimum atomic E-state index is 1.22. The van der Waals surface area contributed by atoms with Gasteiger partial charge in [-0.3, -0.25) is 0 Å². The maximum Gasteiger partial charge on any atom is 0.0433 e. The smallest absolute Gasteiger partial charge is 0.0433 e. The number of hydrogen-bond acceptors (Lipinski definition) is 1. The summed E-state index contributed by atoms with van der Waals surface area (Å²) in [4.78, 5) is 1.31. The molecule has 0 N–H and O–H groups in total. The van der Waals surface area contributed by atoms with E-state index in [1.54, 1.807) is 0 Å². The zero-order valence-electron chi connectivity index (χ0n) is 26.7. The quantitative estimate of drug-likeness (QED) is 0.176. The molecular formula is C48H30S. The summed E-state index contributed by atoms with van der Waals surface area (Å²) in [5.74, 6) is 0. The molecule has 49 heavy (non-hydrogen) atoms. The fourth-order valence-corrected chi connectivity index (χ4v) is 9.14. The monoisotopic (exact) mass is 638 g/mol. The number of fused-ring (bicyclic) bond motifs is 4. The van der Waals surface area contributed by atoms with E-state index in [-0.39, 0.29) is 0 Å². The van der Waals surface area contributed by atoms with Crippen molar-refractivity contribution in [3.05, 3.63) is 182 Å². The van der Waals surface area contributed by atoms with E-state index in [1.807, 2.05) is 11.3 Å². The van der Waals surface area contributed by atoms with Gasteiger partial charge in [0.2, 0.25) is 0 Å². The molecule has 0 fully saturated rings. The van der Waals surface area contributed by atoms with Crippen LogP contribution in [0, 0.1) is 0 Å². The van der Waals surface area contributed by atoms with Crippen molar-refractivity contribution >= 4 is 32.2 Å². The van der Waals surface area contributed by atoms with Crippen LogP contribution in [0.25, 0.3) is 98.1 Å². The third-order valence-corrected chi connectivity index (χ3v) is 11.3. The molecule has 1 heteroatoms. The molecule has 9 aromatic rings. The Kier molecular flexibility index (Phi) is 6.47. The Balaban J connectivity index is 1.24. The van der Waals surface area contributed by atoms with Gasteiger partial charge in [-0.25, -0.2) is 0 Å². The lowest BCUT2D eigenvalue weighted by Gasteiger charge is -2.21. The van der Waals surface area contributed by atoms with Crippen LogP contribution in [0.1, 0.15) is 0 Å². The van der Waals surface area contributed by atoms with Gasteiger partial charge in [-0.1, -0.05) is 170 Å². The standard InChI is InChI=1S/C48H30S/c1-4-14-31(15-5-1)41-30-40(44(34-16-6-2-7-17-34)47-39-24-13-21-33-20-12-23-38(43(33)39)46(41)47)32-26-28-36(29-27-32)48-45(35-18-8-3-9-19-35)37-22-10-11-25-42(37)49-48/h1-30H. The van der Waals surface area contributed by atoms with Gasteiger partial charge in [-0.05, 0) is 89.7 Å². The van der Waals surface area contributed by atoms with Gasteiger partial charge in [-0.15, -0.1) is 11.3 Å². The Bertz CT molecular complexity index is 2660. The van der Waals surface area contributed by atoms with Crippen molar-refractivity contribution in [1.29, 1.82) is 0 Å². The molecule has 0 bridgehead atoms.